The average molecular weight is 487 g/mol. The van der Waals surface area contributed by atoms with Gasteiger partial charge in [0.25, 0.3) is 0 Å². The second-order valence-corrected chi connectivity index (χ2v) is 12.5. The van der Waals surface area contributed by atoms with Gasteiger partial charge < -0.3 is 0 Å². The molecule has 2 heteroatoms. The molecule has 0 heterocycles. The van der Waals surface area contributed by atoms with E-state index in [4.69, 9.17) is 0 Å². The summed E-state index contributed by atoms with van der Waals surface area (Å²) in [6.07, 6.45) is 19.7. The van der Waals surface area contributed by atoms with Crippen LogP contribution < -0.4 is 0 Å². The van der Waals surface area contributed by atoms with Crippen molar-refractivity contribution in [2.75, 3.05) is 0 Å². The summed E-state index contributed by atoms with van der Waals surface area (Å²) in [6, 6.07) is 0. The Morgan fingerprint density at radius 3 is 1.41 bits per heavy atom. The number of hydrogen-bond acceptors (Lipinski definition) is 1. The van der Waals surface area contributed by atoms with Crippen LogP contribution in [0, 0.1) is 5.41 Å². The molecule has 27 heavy (non-hydrogen) atoms. The zero-order valence-corrected chi connectivity index (χ0v) is 22.8. The molecular formula is C25H52OSn. The molecular weight excluding hydrogens is 435 g/mol. The standard InChI is InChI=1S/C17H34O.2C4H9.Sn/c1-5-8-9-10-11-12-13-14-15-17(6-2,7-3)16(4)18;2*1-3-4-2;/h5-15H2,1-4H3;2*1,3-4H2,2H3;. The summed E-state index contributed by atoms with van der Waals surface area (Å²) in [6.45, 7) is 12.9. The Balaban J connectivity index is 0. The molecule has 0 saturated carbocycles. The molecule has 1 nitrogen and oxygen atoms in total. The molecule has 0 fully saturated rings. The normalized spacial score (nSPS) is 11.2. The molecule has 0 spiro atoms. The number of ketones is 1. The van der Waals surface area contributed by atoms with E-state index in [9.17, 15) is 4.79 Å². The number of carbonyl (C=O) groups excluding carboxylic acids is 1. The number of carbonyl (C=O) groups is 1. The van der Waals surface area contributed by atoms with Crippen molar-refractivity contribution in [2.24, 2.45) is 5.41 Å². The Morgan fingerprint density at radius 2 is 1.04 bits per heavy atom. The van der Waals surface area contributed by atoms with Gasteiger partial charge in [-0.15, -0.1) is 0 Å². The van der Waals surface area contributed by atoms with E-state index in [0.717, 1.165) is 19.3 Å². The molecule has 0 unspecified atom stereocenters. The predicted octanol–water partition coefficient (Wildman–Crippen LogP) is 9.04. The van der Waals surface area contributed by atoms with Crippen LogP contribution in [0.4, 0.5) is 0 Å². The third-order valence-electron chi connectivity index (χ3n) is 6.02. The first-order chi connectivity index (χ1) is 13.0. The monoisotopic (exact) mass is 488 g/mol. The molecule has 0 atom stereocenters. The first kappa shape index (κ1) is 29.7. The predicted molar refractivity (Wildman–Crippen MR) is 126 cm³/mol. The fraction of sp³-hybridized carbons (Fsp3) is 0.960. The number of hydrogen-bond donors (Lipinski definition) is 0. The summed E-state index contributed by atoms with van der Waals surface area (Å²) >= 11 is 0.149. The van der Waals surface area contributed by atoms with Gasteiger partial charge in [-0.2, -0.15) is 0 Å². The van der Waals surface area contributed by atoms with Gasteiger partial charge in [0.05, 0.1) is 0 Å². The summed E-state index contributed by atoms with van der Waals surface area (Å²) in [5.74, 6) is 0.399. The number of rotatable bonds is 18. The van der Waals surface area contributed by atoms with Crippen LogP contribution in [0.1, 0.15) is 138 Å². The van der Waals surface area contributed by atoms with Crippen LogP contribution in [0.15, 0.2) is 0 Å². The van der Waals surface area contributed by atoms with Crippen molar-refractivity contribution in [1.82, 2.24) is 0 Å². The van der Waals surface area contributed by atoms with Crippen molar-refractivity contribution in [3.63, 3.8) is 0 Å². The summed E-state index contributed by atoms with van der Waals surface area (Å²) < 4.78 is 3.25. The molecule has 0 rings (SSSR count). The van der Waals surface area contributed by atoms with Crippen molar-refractivity contribution >= 4 is 26.9 Å². The van der Waals surface area contributed by atoms with E-state index >= 15 is 0 Å². The second-order valence-electron chi connectivity index (χ2n) is 8.23. The molecule has 0 aromatic heterocycles. The first-order valence-electron chi connectivity index (χ1n) is 12.3. The minimum absolute atomic E-state index is 0.0117. The Hall–Kier alpha value is 0.469. The van der Waals surface area contributed by atoms with Gasteiger partial charge in [0.2, 0.25) is 0 Å². The van der Waals surface area contributed by atoms with Gasteiger partial charge in [-0.25, -0.2) is 0 Å². The van der Waals surface area contributed by atoms with E-state index in [1.807, 2.05) is 0 Å². The van der Waals surface area contributed by atoms with E-state index in [0.29, 0.717) is 5.78 Å². The number of Topliss-reactive ketones (excluding diaryl/α,β-unsaturated/α-hetero) is 1. The molecule has 162 valence electrons. The summed E-state index contributed by atoms with van der Waals surface area (Å²) in [7, 11) is 0. The Morgan fingerprint density at radius 1 is 0.630 bits per heavy atom. The Bertz CT molecular complexity index is 291. The third-order valence-corrected chi connectivity index (χ3v) is 10.1. The molecule has 0 amide bonds. The van der Waals surface area contributed by atoms with Gasteiger partial charge in [-0.05, 0) is 26.2 Å². The van der Waals surface area contributed by atoms with E-state index in [-0.39, 0.29) is 26.6 Å². The van der Waals surface area contributed by atoms with Crippen LogP contribution in [0.3, 0.4) is 0 Å². The van der Waals surface area contributed by atoms with Crippen molar-refractivity contribution in [2.45, 2.75) is 147 Å². The van der Waals surface area contributed by atoms with E-state index in [1.54, 1.807) is 15.8 Å². The van der Waals surface area contributed by atoms with E-state index in [2.05, 4.69) is 34.6 Å². The molecule has 0 aliphatic rings. The van der Waals surface area contributed by atoms with Crippen LogP contribution >= 0.6 is 0 Å². The van der Waals surface area contributed by atoms with Crippen LogP contribution in [0.2, 0.25) is 8.87 Å². The molecule has 0 aliphatic heterocycles. The van der Waals surface area contributed by atoms with Crippen molar-refractivity contribution in [3.8, 4) is 0 Å². The van der Waals surface area contributed by atoms with Crippen molar-refractivity contribution < 1.29 is 4.79 Å². The quantitative estimate of drug-likeness (QED) is 0.139. The molecule has 0 N–H and O–H groups in total. The summed E-state index contributed by atoms with van der Waals surface area (Å²) in [4.78, 5) is 11.8. The van der Waals surface area contributed by atoms with Crippen LogP contribution in [0.5, 0.6) is 0 Å². The van der Waals surface area contributed by atoms with Gasteiger partial charge in [-0.3, -0.25) is 4.79 Å². The zero-order chi connectivity index (χ0) is 20.8. The van der Waals surface area contributed by atoms with Gasteiger partial charge in [0.15, 0.2) is 0 Å². The molecule has 2 radical (unpaired) electrons. The summed E-state index contributed by atoms with van der Waals surface area (Å²) in [5.41, 5.74) is -0.0117. The van der Waals surface area contributed by atoms with E-state index < -0.39 is 0 Å². The Labute approximate surface area is 183 Å². The fourth-order valence-electron chi connectivity index (χ4n) is 3.60. The minimum atomic E-state index is -0.0117. The maximum atomic E-state index is 11.8. The molecule has 0 bridgehead atoms. The molecule has 0 aromatic carbocycles. The van der Waals surface area contributed by atoms with E-state index in [1.165, 1.54) is 77.0 Å². The van der Waals surface area contributed by atoms with Crippen LogP contribution in [-0.2, 0) is 4.79 Å². The summed E-state index contributed by atoms with van der Waals surface area (Å²) in [5, 5.41) is 0. The SMILES string of the molecule is CCCCCCCCCCC(CC)(CC)C(C)=O.CCC[CH2][Sn][CH2]CCC. The van der Waals surface area contributed by atoms with Gasteiger partial charge in [-0.1, -0.05) is 72.1 Å². The van der Waals surface area contributed by atoms with Crippen molar-refractivity contribution in [3.05, 3.63) is 0 Å². The van der Waals surface area contributed by atoms with Crippen LogP contribution in [-0.4, -0.2) is 26.9 Å². The molecule has 0 saturated heterocycles. The molecule has 0 aliphatic carbocycles. The molecule has 0 aromatic rings. The first-order valence-corrected chi connectivity index (χ1v) is 16.3. The topological polar surface area (TPSA) is 17.1 Å². The van der Waals surface area contributed by atoms with Gasteiger partial charge >= 0.3 is 69.5 Å². The van der Waals surface area contributed by atoms with Crippen molar-refractivity contribution in [1.29, 1.82) is 0 Å². The van der Waals surface area contributed by atoms with Gasteiger partial charge in [0.1, 0.15) is 5.78 Å². The van der Waals surface area contributed by atoms with Gasteiger partial charge in [0, 0.05) is 5.41 Å². The second kappa shape index (κ2) is 22.8. The Kier molecular flexibility index (Phi) is 25.0. The number of unbranched alkanes of at least 4 members (excludes halogenated alkanes) is 9. The average Bonchev–Trinajstić information content (AvgIpc) is 2.67. The maximum absolute atomic E-state index is 11.8. The third kappa shape index (κ3) is 18.2. The fourth-order valence-corrected chi connectivity index (χ4v) is 7.76. The van der Waals surface area contributed by atoms with Crippen LogP contribution in [0.25, 0.3) is 0 Å². The zero-order valence-electron chi connectivity index (χ0n) is 19.9.